The van der Waals surface area contributed by atoms with E-state index in [4.69, 9.17) is 28.4 Å². The van der Waals surface area contributed by atoms with Gasteiger partial charge in [-0.1, -0.05) is 6.92 Å². The van der Waals surface area contributed by atoms with Crippen molar-refractivity contribution in [3.8, 4) is 0 Å². The first-order valence-electron chi connectivity index (χ1n) is 27.5. The van der Waals surface area contributed by atoms with Crippen molar-refractivity contribution in [3.63, 3.8) is 0 Å². The van der Waals surface area contributed by atoms with Crippen LogP contribution in [-0.2, 0) is 38.0 Å². The predicted molar refractivity (Wildman–Crippen MR) is 241 cm³/mol. The van der Waals surface area contributed by atoms with Gasteiger partial charge in [0.1, 0.15) is 11.2 Å². The largest absolute Gasteiger partial charge is 0.458 e. The van der Waals surface area contributed by atoms with E-state index < -0.39 is 191 Å². The minimum Gasteiger partial charge on any atom is -0.458 e. The third-order valence-corrected chi connectivity index (χ3v) is 20.8. The van der Waals surface area contributed by atoms with E-state index >= 15 is 31.1 Å². The van der Waals surface area contributed by atoms with Crippen molar-refractivity contribution in [2.24, 2.45) is 58.2 Å². The predicted octanol–water partition coefficient (Wildman–Crippen LogP) is 9.88. The van der Waals surface area contributed by atoms with Gasteiger partial charge in [0, 0.05) is 57.7 Å². The number of hydrogen-bond acceptors (Lipinski definition) is 12. The lowest BCUT2D eigenvalue weighted by Gasteiger charge is -2.62. The summed E-state index contributed by atoms with van der Waals surface area (Å²) in [5.74, 6) is -11.3. The van der Waals surface area contributed by atoms with Gasteiger partial charge in [-0.3, -0.25) is 9.59 Å². The van der Waals surface area contributed by atoms with Crippen LogP contribution in [0.5, 0.6) is 0 Å². The molecule has 0 aromatic carbocycles. The molecule has 12 aliphatic rings. The highest BCUT2D eigenvalue weighted by Crippen LogP contribution is 2.67. The maximum atomic E-state index is 17.1. The maximum Gasteiger partial charge on any atom is 0.426 e. The average molecular weight is 1130 g/mol. The smallest absolute Gasteiger partial charge is 0.426 e. The molecule has 0 radical (unpaired) electrons. The zero-order valence-electron chi connectivity index (χ0n) is 43.6. The van der Waals surface area contributed by atoms with Gasteiger partial charge in [0.2, 0.25) is 0 Å². The third-order valence-electron chi connectivity index (χ3n) is 20.8. The number of rotatable bonds is 15. The quantitative estimate of drug-likeness (QED) is 0.0697. The number of hydrogen-bond donors (Lipinski definition) is 4. The number of aliphatic hydroxyl groups is 4. The SMILES string of the molecule is CCOC(C)OC(CC1CC2CC1C1OC(CC(C(=O)OC34CC5CC(O)(CC(O)(C5)C3)C4)(C3CCCOC3CC(C)(C(=O)OC34CC5CC(O)(CC(O)(C5)C3)C4)C(F)(F)F)C(F)(F)F)C(C)CC21)(C(F)(F)F)C(F)(F)F. The van der Waals surface area contributed by atoms with Gasteiger partial charge in [-0.15, -0.1) is 0 Å². The van der Waals surface area contributed by atoms with Crippen molar-refractivity contribution in [2.45, 2.75) is 245 Å². The Bertz CT molecular complexity index is 2230. The zero-order valence-corrected chi connectivity index (χ0v) is 43.6. The molecule has 2 aliphatic heterocycles. The van der Waals surface area contributed by atoms with Crippen molar-refractivity contribution >= 4 is 11.9 Å². The molecule has 4 N–H and O–H groups in total. The summed E-state index contributed by atoms with van der Waals surface area (Å²) < 4.78 is 222. The van der Waals surface area contributed by atoms with E-state index in [1.165, 1.54) is 13.8 Å². The fourth-order valence-corrected chi connectivity index (χ4v) is 18.8. The van der Waals surface area contributed by atoms with Crippen LogP contribution in [0, 0.1) is 58.2 Å². The highest BCUT2D eigenvalue weighted by atomic mass is 19.4. The minimum atomic E-state index is -6.01. The number of halogens is 12. The molecule has 0 spiro atoms. The topological polar surface area (TPSA) is 170 Å². The molecule has 0 aromatic rings. The molecule has 440 valence electrons. The van der Waals surface area contributed by atoms with Crippen LogP contribution in [0.4, 0.5) is 52.7 Å². The molecule has 0 aromatic heterocycles. The van der Waals surface area contributed by atoms with Crippen molar-refractivity contribution in [1.29, 1.82) is 0 Å². The van der Waals surface area contributed by atoms with Gasteiger partial charge in [-0.05, 0) is 152 Å². The monoisotopic (exact) mass is 1130 g/mol. The number of ether oxygens (including phenoxy) is 6. The Morgan fingerprint density at radius 2 is 1.16 bits per heavy atom. The summed E-state index contributed by atoms with van der Waals surface area (Å²) in [6, 6.07) is 0. The van der Waals surface area contributed by atoms with Gasteiger partial charge in [-0.25, -0.2) is 0 Å². The Morgan fingerprint density at radius 1 is 0.636 bits per heavy atom. The van der Waals surface area contributed by atoms with E-state index in [0.717, 1.165) is 6.92 Å². The summed E-state index contributed by atoms with van der Waals surface area (Å²) in [5, 5.41) is 46.0. The third kappa shape index (κ3) is 9.72. The van der Waals surface area contributed by atoms with E-state index in [2.05, 4.69) is 0 Å². The molecule has 12 rings (SSSR count). The summed E-state index contributed by atoms with van der Waals surface area (Å²) in [4.78, 5) is 29.9. The van der Waals surface area contributed by atoms with Crippen LogP contribution in [0.1, 0.15) is 156 Å². The molecule has 10 aliphatic carbocycles. The van der Waals surface area contributed by atoms with E-state index in [1.54, 1.807) is 0 Å². The Kier molecular flexibility index (Phi) is 13.9. The molecule has 77 heavy (non-hydrogen) atoms. The number of alkyl halides is 12. The van der Waals surface area contributed by atoms with Crippen molar-refractivity contribution < 1.29 is 111 Å². The molecule has 2 heterocycles. The van der Waals surface area contributed by atoms with Gasteiger partial charge in [-0.2, -0.15) is 52.7 Å². The Labute approximate surface area is 438 Å². The summed E-state index contributed by atoms with van der Waals surface area (Å²) >= 11 is 0. The Hall–Kier alpha value is -2.22. The fourth-order valence-electron chi connectivity index (χ4n) is 18.8. The molecular formula is C53H72F12O12. The molecule has 10 bridgehead atoms. The second-order valence-electron chi connectivity index (χ2n) is 26.8. The van der Waals surface area contributed by atoms with Crippen molar-refractivity contribution in [1.82, 2.24) is 0 Å². The maximum absolute atomic E-state index is 17.1. The lowest BCUT2D eigenvalue weighted by Crippen LogP contribution is -2.68. The molecule has 16 atom stereocenters. The lowest BCUT2D eigenvalue weighted by atomic mass is 9.50. The first-order valence-corrected chi connectivity index (χ1v) is 27.5. The van der Waals surface area contributed by atoms with Gasteiger partial charge in [0.25, 0.3) is 5.60 Å². The Morgan fingerprint density at radius 3 is 1.62 bits per heavy atom. The molecule has 24 heteroatoms. The molecule has 16 unspecified atom stereocenters. The highest BCUT2D eigenvalue weighted by molar-refractivity contribution is 5.80. The normalized spacial score (nSPS) is 45.4. The first kappa shape index (κ1) is 58.0. The lowest BCUT2D eigenvalue weighted by molar-refractivity contribution is -0.412. The molecule has 12 nitrogen and oxygen atoms in total. The fraction of sp³-hybridized carbons (Fsp3) is 0.962. The van der Waals surface area contributed by atoms with E-state index in [0.29, 0.717) is 6.92 Å². The standard InChI is InChI=1S/C53H72F12O12/c1-5-72-28(3)75-49(52(60,61)62,53(63,64)65)18-32-10-31-11-34(32)38-33(31)9-27(2)36(74-38)20-48(51(57,58)59,40(67)77-47-17-30-14-44(70,25-47)22-45(71,15-30)26-47)35-7-6-8-73-37(35)19-41(4,50(54,55)56)39(66)76-46-16-29-12-42(68,23-46)21-43(69,13-29)24-46/h27-38,68-71H,5-26H2,1-4H3. The van der Waals surface area contributed by atoms with E-state index in [1.807, 2.05) is 0 Å². The summed E-state index contributed by atoms with van der Waals surface area (Å²) in [6.07, 6.45) is -36.4. The molecule has 0 amide bonds. The van der Waals surface area contributed by atoms with Gasteiger partial charge in [0.15, 0.2) is 17.1 Å². The average Bonchev–Trinajstić information content (AvgIpc) is 3.96. The van der Waals surface area contributed by atoms with Crippen molar-refractivity contribution in [2.75, 3.05) is 13.2 Å². The van der Waals surface area contributed by atoms with E-state index in [-0.39, 0.29) is 109 Å². The van der Waals surface area contributed by atoms with Gasteiger partial charge >= 0.3 is 36.6 Å². The van der Waals surface area contributed by atoms with Crippen LogP contribution in [-0.4, -0.2) is 134 Å². The summed E-state index contributed by atoms with van der Waals surface area (Å²) in [6.45, 7) is 3.54. The van der Waals surface area contributed by atoms with Gasteiger partial charge < -0.3 is 48.8 Å². The Balaban J connectivity index is 1.00. The van der Waals surface area contributed by atoms with Crippen LogP contribution in [0.25, 0.3) is 0 Å². The second kappa shape index (κ2) is 18.4. The molecule has 2 saturated heterocycles. The van der Waals surface area contributed by atoms with Crippen LogP contribution < -0.4 is 0 Å². The second-order valence-corrected chi connectivity index (χ2v) is 26.8. The van der Waals surface area contributed by atoms with E-state index in [9.17, 15) is 51.6 Å². The summed E-state index contributed by atoms with van der Waals surface area (Å²) in [5.41, 5.74) is -22.2. The highest BCUT2D eigenvalue weighted by Gasteiger charge is 2.77. The van der Waals surface area contributed by atoms with Gasteiger partial charge in [0.05, 0.1) is 40.7 Å². The number of fused-ring (bicyclic) bond motifs is 5. The first-order chi connectivity index (χ1) is 35.3. The zero-order chi connectivity index (χ0) is 56.4. The van der Waals surface area contributed by atoms with Crippen LogP contribution in [0.2, 0.25) is 0 Å². The van der Waals surface area contributed by atoms with Crippen molar-refractivity contribution in [3.05, 3.63) is 0 Å². The number of carbonyl (C=O) groups excluding carboxylic acids is 2. The summed E-state index contributed by atoms with van der Waals surface area (Å²) in [7, 11) is 0. The number of carbonyl (C=O) groups is 2. The molecular weight excluding hydrogens is 1060 g/mol. The molecule has 10 saturated carbocycles. The van der Waals surface area contributed by atoms with Crippen LogP contribution >= 0.6 is 0 Å². The van der Waals surface area contributed by atoms with Crippen LogP contribution in [0.3, 0.4) is 0 Å². The minimum absolute atomic E-state index is 0.0198. The molecule has 12 fully saturated rings. The number of esters is 2. The van der Waals surface area contributed by atoms with Crippen LogP contribution in [0.15, 0.2) is 0 Å².